The van der Waals surface area contributed by atoms with Crippen LogP contribution in [0.1, 0.15) is 12.5 Å². The summed E-state index contributed by atoms with van der Waals surface area (Å²) in [5.74, 6) is -0.640. The quantitative estimate of drug-likeness (QED) is 0.736. The standard InChI is InChI=1S/C19H16FNO4/c1-11-9-18(22)25-17-10-13(7-8-14(11)17)24-12(2)19(23)21-16-6-4-3-5-15(16)20/h3-10,12H,1-2H3,(H,21,23)/t12-/m0/s1. The number of halogens is 1. The van der Waals surface area contributed by atoms with Gasteiger partial charge in [0.15, 0.2) is 6.10 Å². The molecule has 0 aliphatic rings. The Hall–Kier alpha value is -3.15. The number of hydrogen-bond acceptors (Lipinski definition) is 4. The zero-order valence-corrected chi connectivity index (χ0v) is 13.7. The third-order valence-electron chi connectivity index (χ3n) is 3.74. The maximum absolute atomic E-state index is 13.6. The van der Waals surface area contributed by atoms with Crippen LogP contribution in [0.2, 0.25) is 0 Å². The van der Waals surface area contributed by atoms with Gasteiger partial charge < -0.3 is 14.5 Å². The van der Waals surface area contributed by atoms with Gasteiger partial charge in [-0.1, -0.05) is 12.1 Å². The molecule has 6 heteroatoms. The summed E-state index contributed by atoms with van der Waals surface area (Å²) in [7, 11) is 0. The van der Waals surface area contributed by atoms with Gasteiger partial charge in [0.2, 0.25) is 0 Å². The molecule has 1 heterocycles. The lowest BCUT2D eigenvalue weighted by atomic mass is 10.1. The van der Waals surface area contributed by atoms with Gasteiger partial charge in [-0.2, -0.15) is 0 Å². The summed E-state index contributed by atoms with van der Waals surface area (Å²) >= 11 is 0. The Morgan fingerprint density at radius 3 is 2.72 bits per heavy atom. The van der Waals surface area contributed by atoms with Crippen molar-refractivity contribution in [3.05, 3.63) is 70.3 Å². The minimum atomic E-state index is -0.867. The van der Waals surface area contributed by atoms with Crippen molar-refractivity contribution in [3.63, 3.8) is 0 Å². The van der Waals surface area contributed by atoms with E-state index in [-0.39, 0.29) is 5.69 Å². The number of aryl methyl sites for hydroxylation is 1. The number of benzene rings is 2. The average molecular weight is 341 g/mol. The second kappa shape index (κ2) is 6.76. The number of para-hydroxylation sites is 1. The van der Waals surface area contributed by atoms with Crippen molar-refractivity contribution in [2.24, 2.45) is 0 Å². The molecule has 1 aromatic heterocycles. The molecule has 1 N–H and O–H groups in total. The molecule has 0 aliphatic heterocycles. The van der Waals surface area contributed by atoms with Crippen LogP contribution in [0.15, 0.2) is 57.7 Å². The first-order chi connectivity index (χ1) is 11.9. The molecular formula is C19H16FNO4. The first kappa shape index (κ1) is 16.7. The van der Waals surface area contributed by atoms with E-state index in [1.807, 2.05) is 6.92 Å². The molecule has 5 nitrogen and oxygen atoms in total. The fraction of sp³-hybridized carbons (Fsp3) is 0.158. The van der Waals surface area contributed by atoms with Crippen LogP contribution < -0.4 is 15.7 Å². The van der Waals surface area contributed by atoms with Crippen LogP contribution in [0.3, 0.4) is 0 Å². The molecule has 0 spiro atoms. The van der Waals surface area contributed by atoms with Crippen molar-refractivity contribution in [2.45, 2.75) is 20.0 Å². The molecule has 3 rings (SSSR count). The van der Waals surface area contributed by atoms with Crippen LogP contribution in [0, 0.1) is 12.7 Å². The Labute approximate surface area is 143 Å². The second-order valence-corrected chi connectivity index (χ2v) is 5.64. The lowest BCUT2D eigenvalue weighted by molar-refractivity contribution is -0.122. The van der Waals surface area contributed by atoms with Crippen LogP contribution in [-0.4, -0.2) is 12.0 Å². The molecule has 128 valence electrons. The number of carbonyl (C=O) groups excluding carboxylic acids is 1. The summed E-state index contributed by atoms with van der Waals surface area (Å²) in [6, 6.07) is 12.3. The van der Waals surface area contributed by atoms with Crippen molar-refractivity contribution in [1.82, 2.24) is 0 Å². The van der Waals surface area contributed by atoms with Crippen molar-refractivity contribution in [3.8, 4) is 5.75 Å². The Morgan fingerprint density at radius 1 is 1.20 bits per heavy atom. The van der Waals surface area contributed by atoms with Crippen LogP contribution in [0.25, 0.3) is 11.0 Å². The zero-order chi connectivity index (χ0) is 18.0. The minimum Gasteiger partial charge on any atom is -0.481 e. The van der Waals surface area contributed by atoms with Gasteiger partial charge in [0.05, 0.1) is 5.69 Å². The van der Waals surface area contributed by atoms with Crippen molar-refractivity contribution < 1.29 is 18.3 Å². The summed E-state index contributed by atoms with van der Waals surface area (Å²) in [5, 5.41) is 3.26. The largest absolute Gasteiger partial charge is 0.481 e. The van der Waals surface area contributed by atoms with E-state index in [9.17, 15) is 14.0 Å². The van der Waals surface area contributed by atoms with Crippen molar-refractivity contribution >= 4 is 22.6 Å². The number of ether oxygens (including phenoxy) is 1. The first-order valence-corrected chi connectivity index (χ1v) is 7.70. The summed E-state index contributed by atoms with van der Waals surface area (Å²) in [6.45, 7) is 3.36. The zero-order valence-electron chi connectivity index (χ0n) is 13.7. The van der Waals surface area contributed by atoms with E-state index >= 15 is 0 Å². The highest BCUT2D eigenvalue weighted by Crippen LogP contribution is 2.23. The predicted molar refractivity (Wildman–Crippen MR) is 92.3 cm³/mol. The Kier molecular flexibility index (Phi) is 4.52. The highest BCUT2D eigenvalue weighted by atomic mass is 19.1. The Morgan fingerprint density at radius 2 is 1.96 bits per heavy atom. The molecular weight excluding hydrogens is 325 g/mol. The molecule has 0 unspecified atom stereocenters. The summed E-state index contributed by atoms with van der Waals surface area (Å²) in [4.78, 5) is 23.6. The number of carbonyl (C=O) groups is 1. The van der Waals surface area contributed by atoms with E-state index in [0.29, 0.717) is 11.3 Å². The van der Waals surface area contributed by atoms with Gasteiger partial charge in [0, 0.05) is 17.5 Å². The van der Waals surface area contributed by atoms with Crippen molar-refractivity contribution in [1.29, 1.82) is 0 Å². The molecule has 1 amide bonds. The lowest BCUT2D eigenvalue weighted by Gasteiger charge is -2.15. The highest BCUT2D eigenvalue weighted by molar-refractivity contribution is 5.94. The summed E-state index contributed by atoms with van der Waals surface area (Å²) in [5.41, 5.74) is 0.808. The van der Waals surface area contributed by atoms with E-state index in [4.69, 9.17) is 9.15 Å². The van der Waals surface area contributed by atoms with Gasteiger partial charge in [-0.15, -0.1) is 0 Å². The van der Waals surface area contributed by atoms with E-state index < -0.39 is 23.5 Å². The van der Waals surface area contributed by atoms with Crippen LogP contribution in [0.4, 0.5) is 10.1 Å². The van der Waals surface area contributed by atoms with E-state index in [0.717, 1.165) is 10.9 Å². The molecule has 3 aromatic rings. The van der Waals surface area contributed by atoms with E-state index in [2.05, 4.69) is 5.32 Å². The molecule has 0 radical (unpaired) electrons. The molecule has 1 atom stereocenters. The maximum Gasteiger partial charge on any atom is 0.336 e. The number of rotatable bonds is 4. The van der Waals surface area contributed by atoms with Crippen LogP contribution >= 0.6 is 0 Å². The van der Waals surface area contributed by atoms with Gasteiger partial charge >= 0.3 is 5.63 Å². The summed E-state index contributed by atoms with van der Waals surface area (Å²) < 4.78 is 24.3. The number of amides is 1. The molecule has 0 bridgehead atoms. The van der Waals surface area contributed by atoms with E-state index in [1.54, 1.807) is 31.2 Å². The van der Waals surface area contributed by atoms with Crippen molar-refractivity contribution in [2.75, 3.05) is 5.32 Å². The van der Waals surface area contributed by atoms with Gasteiger partial charge in [0.25, 0.3) is 5.91 Å². The third kappa shape index (κ3) is 3.68. The second-order valence-electron chi connectivity index (χ2n) is 5.64. The molecule has 0 saturated carbocycles. The number of fused-ring (bicyclic) bond motifs is 1. The topological polar surface area (TPSA) is 68.5 Å². The number of nitrogens with one attached hydrogen (secondary N) is 1. The highest BCUT2D eigenvalue weighted by Gasteiger charge is 2.17. The first-order valence-electron chi connectivity index (χ1n) is 7.70. The fourth-order valence-corrected chi connectivity index (χ4v) is 2.43. The molecule has 0 saturated heterocycles. The fourth-order valence-electron chi connectivity index (χ4n) is 2.43. The Balaban J connectivity index is 1.77. The van der Waals surface area contributed by atoms with Crippen LogP contribution in [-0.2, 0) is 4.79 Å². The lowest BCUT2D eigenvalue weighted by Crippen LogP contribution is -2.30. The number of hydrogen-bond donors (Lipinski definition) is 1. The normalized spacial score (nSPS) is 12.0. The maximum atomic E-state index is 13.6. The number of anilines is 1. The predicted octanol–water partition coefficient (Wildman–Crippen LogP) is 3.65. The smallest absolute Gasteiger partial charge is 0.336 e. The molecule has 0 aliphatic carbocycles. The summed E-state index contributed by atoms with van der Waals surface area (Å²) in [6.07, 6.45) is -0.867. The van der Waals surface area contributed by atoms with Gasteiger partial charge in [0.1, 0.15) is 17.1 Å². The van der Waals surface area contributed by atoms with Crippen LogP contribution in [0.5, 0.6) is 5.75 Å². The van der Waals surface area contributed by atoms with Gasteiger partial charge in [-0.3, -0.25) is 4.79 Å². The molecule has 0 fully saturated rings. The van der Waals surface area contributed by atoms with Gasteiger partial charge in [-0.05, 0) is 43.7 Å². The molecule has 2 aromatic carbocycles. The van der Waals surface area contributed by atoms with Gasteiger partial charge in [-0.25, -0.2) is 9.18 Å². The average Bonchev–Trinajstić information content (AvgIpc) is 2.56. The third-order valence-corrected chi connectivity index (χ3v) is 3.74. The monoisotopic (exact) mass is 341 g/mol. The minimum absolute atomic E-state index is 0.0862. The van der Waals surface area contributed by atoms with E-state index in [1.165, 1.54) is 24.3 Å². The molecule has 25 heavy (non-hydrogen) atoms. The Bertz CT molecular complexity index is 996. The SMILES string of the molecule is Cc1cc(=O)oc2cc(O[C@@H](C)C(=O)Nc3ccccc3F)ccc12.